The van der Waals surface area contributed by atoms with Gasteiger partial charge in [-0.3, -0.25) is 9.69 Å². The molecule has 2 aromatic carbocycles. The second kappa shape index (κ2) is 10.0. The van der Waals surface area contributed by atoms with Gasteiger partial charge in [0.05, 0.1) is 10.3 Å². The van der Waals surface area contributed by atoms with Crippen LogP contribution in [0.2, 0.25) is 0 Å². The van der Waals surface area contributed by atoms with Crippen LogP contribution in [0.25, 0.3) is 32.9 Å². The van der Waals surface area contributed by atoms with Crippen molar-refractivity contribution in [3.05, 3.63) is 77.5 Å². The molecule has 4 heterocycles. The molecule has 5 aromatic rings. The molecule has 0 radical (unpaired) electrons. The third-order valence-corrected chi connectivity index (χ3v) is 7.36. The highest BCUT2D eigenvalue weighted by atomic mass is 32.1. The first-order valence-electron chi connectivity index (χ1n) is 12.1. The Hall–Kier alpha value is -3.82. The van der Waals surface area contributed by atoms with E-state index in [1.165, 1.54) is 0 Å². The fourth-order valence-corrected chi connectivity index (χ4v) is 5.19. The fourth-order valence-electron chi connectivity index (χ4n) is 4.55. The van der Waals surface area contributed by atoms with Crippen molar-refractivity contribution in [2.24, 2.45) is 0 Å². The summed E-state index contributed by atoms with van der Waals surface area (Å²) in [5, 5.41) is 11.1. The van der Waals surface area contributed by atoms with E-state index in [4.69, 9.17) is 9.05 Å². The second-order valence-electron chi connectivity index (χ2n) is 8.84. The minimum absolute atomic E-state index is 0.0451. The number of piperazine rings is 1. The molecule has 6 rings (SSSR count). The van der Waals surface area contributed by atoms with E-state index >= 15 is 0 Å². The van der Waals surface area contributed by atoms with Crippen LogP contribution in [-0.4, -0.2) is 63.7 Å². The third kappa shape index (κ3) is 4.67. The molecule has 1 amide bonds. The summed E-state index contributed by atoms with van der Waals surface area (Å²) in [6, 6.07) is 19.4. The molecule has 1 saturated heterocycles. The zero-order valence-corrected chi connectivity index (χ0v) is 20.5. The number of amides is 1. The minimum Gasteiger partial charge on any atom is -0.355 e. The van der Waals surface area contributed by atoms with Crippen molar-refractivity contribution in [3.63, 3.8) is 0 Å². The molecule has 0 N–H and O–H groups in total. The van der Waals surface area contributed by atoms with E-state index in [2.05, 4.69) is 20.2 Å². The predicted octanol–water partition coefficient (Wildman–Crippen LogP) is 5.00. The molecular formula is C27H25N5O3S. The number of nitrogens with zero attached hydrogens (tertiary/aromatic N) is 5. The van der Waals surface area contributed by atoms with Gasteiger partial charge in [0, 0.05) is 43.7 Å². The van der Waals surface area contributed by atoms with Crippen LogP contribution in [0.4, 0.5) is 0 Å². The average molecular weight is 500 g/mol. The Bertz CT molecular complexity index is 1450. The number of fused-ring (bicyclic) bond motifs is 1. The maximum Gasteiger partial charge on any atom is 0.253 e. The first-order chi connectivity index (χ1) is 17.7. The molecular weight excluding hydrogens is 474 g/mol. The van der Waals surface area contributed by atoms with E-state index < -0.39 is 0 Å². The van der Waals surface area contributed by atoms with Crippen LogP contribution in [0.3, 0.4) is 0 Å². The highest BCUT2D eigenvalue weighted by Gasteiger charge is 2.23. The zero-order chi connectivity index (χ0) is 24.3. The van der Waals surface area contributed by atoms with Crippen LogP contribution >= 0.6 is 11.3 Å². The molecule has 3 aromatic heterocycles. The van der Waals surface area contributed by atoms with Crippen molar-refractivity contribution in [2.75, 3.05) is 32.7 Å². The lowest BCUT2D eigenvalue weighted by atomic mass is 10.1. The van der Waals surface area contributed by atoms with Gasteiger partial charge in [0.1, 0.15) is 5.52 Å². The molecule has 36 heavy (non-hydrogen) atoms. The average Bonchev–Trinajstić information content (AvgIpc) is 3.70. The fraction of sp³-hybridized carbons (Fsp3) is 0.259. The van der Waals surface area contributed by atoms with Gasteiger partial charge in [-0.15, -0.1) is 11.3 Å². The van der Waals surface area contributed by atoms with E-state index in [0.717, 1.165) is 53.8 Å². The Kier molecular flexibility index (Phi) is 6.31. The van der Waals surface area contributed by atoms with E-state index in [1.807, 2.05) is 70.9 Å². The summed E-state index contributed by atoms with van der Waals surface area (Å²) in [6.45, 7) is 4.04. The highest BCUT2D eigenvalue weighted by Crippen LogP contribution is 2.29. The smallest absolute Gasteiger partial charge is 0.253 e. The number of carbonyl (C=O) groups is 1. The first-order valence-corrected chi connectivity index (χ1v) is 13.0. The monoisotopic (exact) mass is 499 g/mol. The summed E-state index contributed by atoms with van der Waals surface area (Å²) in [6.07, 6.45) is 1.69. The standard InChI is InChI=1S/C27H25N5O3S/c33-27(20-10-11-22-21(18-20)25(35-29-22)19-6-2-1-3-7-19)32-15-13-31(14-16-32)12-4-9-24-28-26(30-34-24)23-8-5-17-36-23/h1-3,5-8,10-11,17-18H,4,9,12-16H2. The number of carbonyl (C=O) groups excluding carboxylic acids is 1. The highest BCUT2D eigenvalue weighted by molar-refractivity contribution is 7.13. The van der Waals surface area contributed by atoms with Gasteiger partial charge in [-0.1, -0.05) is 46.7 Å². The Morgan fingerprint density at radius 1 is 0.944 bits per heavy atom. The molecule has 9 heteroatoms. The lowest BCUT2D eigenvalue weighted by Crippen LogP contribution is -2.48. The van der Waals surface area contributed by atoms with Gasteiger partial charge in [0.15, 0.2) is 5.76 Å². The molecule has 0 saturated carbocycles. The lowest BCUT2D eigenvalue weighted by molar-refractivity contribution is 0.0635. The maximum absolute atomic E-state index is 13.2. The van der Waals surface area contributed by atoms with E-state index in [0.29, 0.717) is 36.1 Å². The van der Waals surface area contributed by atoms with Crippen LogP contribution in [0.5, 0.6) is 0 Å². The van der Waals surface area contributed by atoms with Gasteiger partial charge in [0.25, 0.3) is 5.91 Å². The summed E-state index contributed by atoms with van der Waals surface area (Å²) in [5.41, 5.74) is 2.36. The Balaban J connectivity index is 1.03. The van der Waals surface area contributed by atoms with Gasteiger partial charge in [0.2, 0.25) is 11.7 Å². The minimum atomic E-state index is 0.0451. The quantitative estimate of drug-likeness (QED) is 0.311. The molecule has 0 bridgehead atoms. The number of thiophene rings is 1. The SMILES string of the molecule is O=C(c1ccc2noc(-c3ccccc3)c2c1)N1CCN(CCCc2nc(-c3cccs3)no2)CC1. The van der Waals surface area contributed by atoms with Crippen LogP contribution in [-0.2, 0) is 6.42 Å². The molecule has 0 spiro atoms. The van der Waals surface area contributed by atoms with Gasteiger partial charge in [-0.05, 0) is 42.6 Å². The van der Waals surface area contributed by atoms with E-state index in [9.17, 15) is 4.79 Å². The van der Waals surface area contributed by atoms with E-state index in [1.54, 1.807) is 11.3 Å². The van der Waals surface area contributed by atoms with Crippen molar-refractivity contribution < 1.29 is 13.8 Å². The second-order valence-corrected chi connectivity index (χ2v) is 9.78. The first kappa shape index (κ1) is 22.6. The van der Waals surface area contributed by atoms with Crippen LogP contribution < -0.4 is 0 Å². The van der Waals surface area contributed by atoms with Crippen LogP contribution in [0, 0.1) is 0 Å². The Morgan fingerprint density at radius 3 is 2.61 bits per heavy atom. The van der Waals surface area contributed by atoms with Crippen molar-refractivity contribution >= 4 is 28.1 Å². The predicted molar refractivity (Wildman–Crippen MR) is 138 cm³/mol. The summed E-state index contributed by atoms with van der Waals surface area (Å²) in [5.74, 6) is 2.07. The van der Waals surface area contributed by atoms with E-state index in [-0.39, 0.29) is 5.91 Å². The Morgan fingerprint density at radius 2 is 1.81 bits per heavy atom. The largest absolute Gasteiger partial charge is 0.355 e. The van der Waals surface area contributed by atoms with Crippen molar-refractivity contribution in [1.29, 1.82) is 0 Å². The normalized spacial score (nSPS) is 14.5. The summed E-state index contributed by atoms with van der Waals surface area (Å²) in [7, 11) is 0. The molecule has 1 aliphatic rings. The molecule has 0 aliphatic carbocycles. The molecule has 0 unspecified atom stereocenters. The molecule has 0 atom stereocenters. The molecule has 1 aliphatic heterocycles. The number of benzene rings is 2. The molecule has 1 fully saturated rings. The van der Waals surface area contributed by atoms with Crippen molar-refractivity contribution in [1.82, 2.24) is 25.1 Å². The van der Waals surface area contributed by atoms with Crippen molar-refractivity contribution in [3.8, 4) is 22.0 Å². The number of aryl methyl sites for hydroxylation is 1. The number of hydrogen-bond acceptors (Lipinski definition) is 8. The zero-order valence-electron chi connectivity index (χ0n) is 19.7. The van der Waals surface area contributed by atoms with Gasteiger partial charge < -0.3 is 13.9 Å². The lowest BCUT2D eigenvalue weighted by Gasteiger charge is -2.34. The number of hydrogen-bond donors (Lipinski definition) is 0. The van der Waals surface area contributed by atoms with Crippen LogP contribution in [0.1, 0.15) is 22.7 Å². The summed E-state index contributed by atoms with van der Waals surface area (Å²) in [4.78, 5) is 23.1. The molecule has 182 valence electrons. The topological polar surface area (TPSA) is 88.5 Å². The summed E-state index contributed by atoms with van der Waals surface area (Å²) >= 11 is 1.60. The molecule has 8 nitrogen and oxygen atoms in total. The van der Waals surface area contributed by atoms with Crippen LogP contribution in [0.15, 0.2) is 75.1 Å². The van der Waals surface area contributed by atoms with Crippen molar-refractivity contribution in [2.45, 2.75) is 12.8 Å². The Labute approximate surface area is 212 Å². The van der Waals surface area contributed by atoms with Gasteiger partial charge >= 0.3 is 0 Å². The van der Waals surface area contributed by atoms with Gasteiger partial charge in [-0.25, -0.2) is 0 Å². The number of aromatic nitrogens is 3. The number of rotatable bonds is 7. The van der Waals surface area contributed by atoms with Gasteiger partial charge in [-0.2, -0.15) is 4.98 Å². The third-order valence-electron chi connectivity index (χ3n) is 6.49. The maximum atomic E-state index is 13.2. The summed E-state index contributed by atoms with van der Waals surface area (Å²) < 4.78 is 11.0.